The Morgan fingerprint density at radius 2 is 2.33 bits per heavy atom. The summed E-state index contributed by atoms with van der Waals surface area (Å²) in [6.07, 6.45) is 9.55. The van der Waals surface area contributed by atoms with Crippen LogP contribution < -0.4 is 0 Å². The number of esters is 1. The van der Waals surface area contributed by atoms with E-state index in [9.17, 15) is 9.90 Å². The number of hydrogen-bond acceptors (Lipinski definition) is 4. The lowest BCUT2D eigenvalue weighted by Crippen LogP contribution is -2.32. The molecule has 0 aromatic rings. The number of allylic oxidation sites excluding steroid dienone is 3. The molecule has 2 rings (SSSR count). The molecule has 0 aliphatic carbocycles. The van der Waals surface area contributed by atoms with Gasteiger partial charge in [-0.2, -0.15) is 0 Å². The van der Waals surface area contributed by atoms with Crippen LogP contribution in [0, 0.1) is 0 Å². The zero-order valence-electron chi connectivity index (χ0n) is 8.25. The minimum Gasteiger partial charge on any atom is -0.465 e. The molecule has 78 valence electrons. The van der Waals surface area contributed by atoms with Crippen molar-refractivity contribution in [2.24, 2.45) is 0 Å². The van der Waals surface area contributed by atoms with Crippen molar-refractivity contribution in [2.75, 3.05) is 7.11 Å². The highest BCUT2D eigenvalue weighted by Crippen LogP contribution is 2.23. The number of hydrogen-bond donors (Lipinski definition) is 1. The molecule has 0 amide bonds. The van der Waals surface area contributed by atoms with Gasteiger partial charge in [0, 0.05) is 11.9 Å². The van der Waals surface area contributed by atoms with Crippen LogP contribution in [0.5, 0.6) is 0 Å². The van der Waals surface area contributed by atoms with E-state index in [4.69, 9.17) is 0 Å². The molecule has 1 atom stereocenters. The second-order valence-corrected chi connectivity index (χ2v) is 3.20. The highest BCUT2D eigenvalue weighted by molar-refractivity contribution is 5.92. The summed E-state index contributed by atoms with van der Waals surface area (Å²) in [5.41, 5.74) is 1.14. The van der Waals surface area contributed by atoms with Gasteiger partial charge in [0.1, 0.15) is 0 Å². The van der Waals surface area contributed by atoms with Gasteiger partial charge in [-0.25, -0.2) is 4.79 Å². The predicted octanol–water partition coefficient (Wildman–Crippen LogP) is 0.687. The van der Waals surface area contributed by atoms with Crippen LogP contribution in [0.2, 0.25) is 0 Å². The molecule has 2 aliphatic heterocycles. The van der Waals surface area contributed by atoms with Gasteiger partial charge >= 0.3 is 5.97 Å². The number of fused-ring (bicyclic) bond motifs is 1. The number of aliphatic hydroxyl groups excluding tert-OH is 1. The number of nitrogens with zero attached hydrogens (tertiary/aromatic N) is 1. The van der Waals surface area contributed by atoms with Crippen LogP contribution in [-0.2, 0) is 9.53 Å². The molecule has 0 saturated heterocycles. The minimum atomic E-state index is -0.819. The molecule has 0 spiro atoms. The molecule has 0 aromatic heterocycles. The standard InChI is InChI=1S/C11H11NO3/c1-15-11(14)8-6-9-4-2-3-5-12(9)10(13)7-8/h2-7,10,13H,1H3. The molecule has 0 radical (unpaired) electrons. The maximum atomic E-state index is 11.3. The van der Waals surface area contributed by atoms with E-state index in [-0.39, 0.29) is 0 Å². The topological polar surface area (TPSA) is 49.8 Å². The van der Waals surface area contributed by atoms with Crippen LogP contribution in [-0.4, -0.2) is 29.3 Å². The number of aliphatic hydroxyl groups is 1. The van der Waals surface area contributed by atoms with Gasteiger partial charge < -0.3 is 14.7 Å². The Labute approximate surface area is 87.4 Å². The molecule has 4 heteroatoms. The van der Waals surface area contributed by atoms with Crippen LogP contribution >= 0.6 is 0 Å². The predicted molar refractivity (Wildman–Crippen MR) is 54.3 cm³/mol. The van der Waals surface area contributed by atoms with Crippen molar-refractivity contribution in [2.45, 2.75) is 6.23 Å². The quantitative estimate of drug-likeness (QED) is 0.640. The monoisotopic (exact) mass is 205 g/mol. The fourth-order valence-electron chi connectivity index (χ4n) is 1.53. The molecule has 0 aromatic carbocycles. The Hall–Kier alpha value is -1.81. The van der Waals surface area contributed by atoms with Gasteiger partial charge in [-0.3, -0.25) is 0 Å². The summed E-state index contributed by atoms with van der Waals surface area (Å²) in [4.78, 5) is 12.9. The summed E-state index contributed by atoms with van der Waals surface area (Å²) in [5.74, 6) is -0.441. The Kier molecular flexibility index (Phi) is 2.43. The third-order valence-electron chi connectivity index (χ3n) is 2.26. The van der Waals surface area contributed by atoms with Crippen molar-refractivity contribution in [1.82, 2.24) is 4.90 Å². The first-order valence-corrected chi connectivity index (χ1v) is 4.55. The first-order chi connectivity index (χ1) is 7.22. The van der Waals surface area contributed by atoms with Gasteiger partial charge in [-0.05, 0) is 24.3 Å². The van der Waals surface area contributed by atoms with E-state index >= 15 is 0 Å². The van der Waals surface area contributed by atoms with Crippen molar-refractivity contribution in [3.63, 3.8) is 0 Å². The molecule has 0 saturated carbocycles. The second-order valence-electron chi connectivity index (χ2n) is 3.20. The van der Waals surface area contributed by atoms with Crippen molar-refractivity contribution >= 4 is 5.97 Å². The van der Waals surface area contributed by atoms with E-state index in [1.54, 1.807) is 17.2 Å². The highest BCUT2D eigenvalue weighted by Gasteiger charge is 2.22. The molecule has 0 bridgehead atoms. The zero-order chi connectivity index (χ0) is 10.8. The number of carbonyl (C=O) groups is 1. The molecular formula is C11H11NO3. The van der Waals surface area contributed by atoms with Crippen LogP contribution in [0.25, 0.3) is 0 Å². The van der Waals surface area contributed by atoms with Crippen LogP contribution in [0.1, 0.15) is 0 Å². The van der Waals surface area contributed by atoms with Crippen molar-refractivity contribution < 1.29 is 14.6 Å². The summed E-state index contributed by atoms with van der Waals surface area (Å²) in [7, 11) is 1.32. The van der Waals surface area contributed by atoms with E-state index in [1.807, 2.05) is 18.2 Å². The molecule has 2 aliphatic rings. The average molecular weight is 205 g/mol. The highest BCUT2D eigenvalue weighted by atomic mass is 16.5. The number of carbonyl (C=O) groups excluding carboxylic acids is 1. The maximum Gasteiger partial charge on any atom is 0.337 e. The maximum absolute atomic E-state index is 11.3. The molecule has 1 N–H and O–H groups in total. The SMILES string of the molecule is COC(=O)C1=CC(O)N2C=CC=CC2=C1. The lowest BCUT2D eigenvalue weighted by atomic mass is 10.1. The number of methoxy groups -OCH3 is 1. The Balaban J connectivity index is 2.32. The van der Waals surface area contributed by atoms with Gasteiger partial charge in [0.2, 0.25) is 0 Å². The van der Waals surface area contributed by atoms with Gasteiger partial charge in [-0.15, -0.1) is 0 Å². The van der Waals surface area contributed by atoms with E-state index in [0.717, 1.165) is 5.70 Å². The minimum absolute atomic E-state index is 0.371. The van der Waals surface area contributed by atoms with Gasteiger partial charge in [0.05, 0.1) is 12.7 Å². The Bertz CT molecular complexity index is 404. The van der Waals surface area contributed by atoms with E-state index in [2.05, 4.69) is 4.74 Å². The van der Waals surface area contributed by atoms with E-state index in [0.29, 0.717) is 5.57 Å². The molecule has 2 heterocycles. The number of rotatable bonds is 1. The van der Waals surface area contributed by atoms with Crippen molar-refractivity contribution in [3.05, 3.63) is 47.9 Å². The first kappa shape index (κ1) is 9.73. The smallest absolute Gasteiger partial charge is 0.337 e. The van der Waals surface area contributed by atoms with Crippen LogP contribution in [0.4, 0.5) is 0 Å². The third-order valence-corrected chi connectivity index (χ3v) is 2.26. The summed E-state index contributed by atoms with van der Waals surface area (Å²) in [5, 5.41) is 9.73. The fraction of sp³-hybridized carbons (Fsp3) is 0.182. The fourth-order valence-corrected chi connectivity index (χ4v) is 1.53. The second kappa shape index (κ2) is 3.74. The van der Waals surface area contributed by atoms with E-state index in [1.165, 1.54) is 13.2 Å². The molecule has 1 unspecified atom stereocenters. The van der Waals surface area contributed by atoms with Crippen molar-refractivity contribution in [1.29, 1.82) is 0 Å². The molecule has 4 nitrogen and oxygen atoms in total. The number of ether oxygens (including phenoxy) is 1. The molecule has 0 fully saturated rings. The Morgan fingerprint density at radius 1 is 1.53 bits per heavy atom. The van der Waals surface area contributed by atoms with Gasteiger partial charge in [0.25, 0.3) is 0 Å². The van der Waals surface area contributed by atoms with Gasteiger partial charge in [-0.1, -0.05) is 6.08 Å². The van der Waals surface area contributed by atoms with Crippen molar-refractivity contribution in [3.8, 4) is 0 Å². The third kappa shape index (κ3) is 1.71. The van der Waals surface area contributed by atoms with Crippen LogP contribution in [0.15, 0.2) is 47.9 Å². The molecular weight excluding hydrogens is 194 g/mol. The molecule has 15 heavy (non-hydrogen) atoms. The van der Waals surface area contributed by atoms with Crippen LogP contribution in [0.3, 0.4) is 0 Å². The summed E-state index contributed by atoms with van der Waals surface area (Å²) in [6, 6.07) is 0. The summed E-state index contributed by atoms with van der Waals surface area (Å²) in [6.45, 7) is 0. The zero-order valence-corrected chi connectivity index (χ0v) is 8.25. The average Bonchev–Trinajstić information content (AvgIpc) is 2.28. The van der Waals surface area contributed by atoms with E-state index < -0.39 is 12.2 Å². The Morgan fingerprint density at radius 3 is 3.07 bits per heavy atom. The first-order valence-electron chi connectivity index (χ1n) is 4.55. The summed E-state index contributed by atoms with van der Waals surface area (Å²) >= 11 is 0. The lowest BCUT2D eigenvalue weighted by Gasteiger charge is -2.30. The summed E-state index contributed by atoms with van der Waals surface area (Å²) < 4.78 is 4.59. The van der Waals surface area contributed by atoms with Gasteiger partial charge in [0.15, 0.2) is 6.23 Å². The normalized spacial score (nSPS) is 23.1. The lowest BCUT2D eigenvalue weighted by molar-refractivity contribution is -0.135. The largest absolute Gasteiger partial charge is 0.465 e.